The summed E-state index contributed by atoms with van der Waals surface area (Å²) in [6.45, 7) is 1.90. The molecule has 0 aliphatic carbocycles. The van der Waals surface area contributed by atoms with E-state index in [1.165, 1.54) is 11.3 Å². The first kappa shape index (κ1) is 16.1. The van der Waals surface area contributed by atoms with E-state index in [1.807, 2.05) is 12.1 Å². The highest BCUT2D eigenvalue weighted by Crippen LogP contribution is 2.29. The fourth-order valence-electron chi connectivity index (χ4n) is 2.82. The Kier molecular flexibility index (Phi) is 4.18. The van der Waals surface area contributed by atoms with Crippen molar-refractivity contribution >= 4 is 33.0 Å². The van der Waals surface area contributed by atoms with Gasteiger partial charge in [0.05, 0.1) is 5.69 Å². The number of benzene rings is 1. The van der Waals surface area contributed by atoms with E-state index < -0.39 is 10.0 Å². The van der Waals surface area contributed by atoms with E-state index in [4.69, 9.17) is 0 Å². The Hall–Kier alpha value is -2.39. The van der Waals surface area contributed by atoms with Crippen molar-refractivity contribution in [3.8, 4) is 11.4 Å². The second-order valence-electron chi connectivity index (χ2n) is 5.76. The molecule has 4 rings (SSSR count). The number of hydrogen-bond acceptors (Lipinski definition) is 6. The van der Waals surface area contributed by atoms with Crippen LogP contribution in [-0.4, -0.2) is 36.7 Å². The van der Waals surface area contributed by atoms with Crippen molar-refractivity contribution in [1.82, 2.24) is 15.2 Å². The summed E-state index contributed by atoms with van der Waals surface area (Å²) < 4.78 is 27.9. The number of rotatable bonds is 5. The molecular weight excluding hydrogens is 358 g/mol. The van der Waals surface area contributed by atoms with E-state index in [9.17, 15) is 8.42 Å². The van der Waals surface area contributed by atoms with Gasteiger partial charge in [-0.1, -0.05) is 18.2 Å². The third kappa shape index (κ3) is 3.24. The lowest BCUT2D eigenvalue weighted by atomic mass is 10.2. The van der Waals surface area contributed by atoms with Gasteiger partial charge in [-0.15, -0.1) is 16.4 Å². The summed E-state index contributed by atoms with van der Waals surface area (Å²) in [5.41, 5.74) is 1.14. The average molecular weight is 375 g/mol. The number of anilines is 2. The van der Waals surface area contributed by atoms with Crippen LogP contribution in [0.3, 0.4) is 0 Å². The van der Waals surface area contributed by atoms with Crippen molar-refractivity contribution in [2.24, 2.45) is 0 Å². The molecule has 0 atom stereocenters. The molecule has 0 unspecified atom stereocenters. The minimum Gasteiger partial charge on any atom is -0.340 e. The third-order valence-corrected chi connectivity index (χ3v) is 6.81. The molecule has 3 heterocycles. The van der Waals surface area contributed by atoms with Crippen molar-refractivity contribution in [3.63, 3.8) is 0 Å². The van der Waals surface area contributed by atoms with Crippen LogP contribution in [0.1, 0.15) is 12.8 Å². The standard InChI is InChI=1S/C16H17N5O2S2/c22-25(23,14-8-5-11-24-14)20-13-7-2-1-6-12(13)15-17-16(19-18-15)21-9-3-4-10-21/h1-2,5-8,11,20H,3-4,9-10H2,(H,17,18,19). The van der Waals surface area contributed by atoms with E-state index >= 15 is 0 Å². The summed E-state index contributed by atoms with van der Waals surface area (Å²) in [4.78, 5) is 6.67. The molecule has 1 saturated heterocycles. The molecule has 1 aromatic carbocycles. The molecular formula is C16H17N5O2S2. The van der Waals surface area contributed by atoms with Gasteiger partial charge in [0, 0.05) is 18.7 Å². The first-order valence-corrected chi connectivity index (χ1v) is 10.3. The number of sulfonamides is 1. The third-order valence-electron chi connectivity index (χ3n) is 4.05. The van der Waals surface area contributed by atoms with Crippen LogP contribution in [-0.2, 0) is 10.0 Å². The summed E-state index contributed by atoms with van der Waals surface area (Å²) in [5, 5.41) is 8.94. The predicted octanol–water partition coefficient (Wildman–Crippen LogP) is 2.93. The number of hydrogen-bond donors (Lipinski definition) is 2. The van der Waals surface area contributed by atoms with Gasteiger partial charge in [-0.25, -0.2) is 8.42 Å². The maximum absolute atomic E-state index is 12.5. The molecule has 2 N–H and O–H groups in total. The second-order valence-corrected chi connectivity index (χ2v) is 8.62. The summed E-state index contributed by atoms with van der Waals surface area (Å²) in [6, 6.07) is 10.5. The zero-order valence-electron chi connectivity index (χ0n) is 13.3. The van der Waals surface area contributed by atoms with E-state index in [0.717, 1.165) is 25.9 Å². The molecule has 0 radical (unpaired) electrons. The van der Waals surface area contributed by atoms with Gasteiger partial charge in [-0.05, 0) is 36.4 Å². The fourth-order valence-corrected chi connectivity index (χ4v) is 4.89. The first-order valence-electron chi connectivity index (χ1n) is 7.96. The Labute approximate surface area is 149 Å². The molecule has 3 aromatic rings. The molecule has 0 saturated carbocycles. The van der Waals surface area contributed by atoms with Gasteiger partial charge in [-0.3, -0.25) is 9.82 Å². The van der Waals surface area contributed by atoms with Crippen molar-refractivity contribution in [2.75, 3.05) is 22.7 Å². The number of para-hydroxylation sites is 1. The fraction of sp³-hybridized carbons (Fsp3) is 0.250. The average Bonchev–Trinajstić information content (AvgIpc) is 3.35. The molecule has 25 heavy (non-hydrogen) atoms. The summed E-state index contributed by atoms with van der Waals surface area (Å²) in [5.74, 6) is 1.20. The van der Waals surface area contributed by atoms with E-state index in [-0.39, 0.29) is 4.21 Å². The van der Waals surface area contributed by atoms with Crippen LogP contribution in [0.5, 0.6) is 0 Å². The zero-order chi connectivity index (χ0) is 17.3. The van der Waals surface area contributed by atoms with Gasteiger partial charge in [0.2, 0.25) is 5.95 Å². The largest absolute Gasteiger partial charge is 0.340 e. The van der Waals surface area contributed by atoms with Crippen LogP contribution in [0.15, 0.2) is 46.0 Å². The van der Waals surface area contributed by atoms with Gasteiger partial charge in [0.15, 0.2) is 5.82 Å². The van der Waals surface area contributed by atoms with Crippen molar-refractivity contribution in [2.45, 2.75) is 17.1 Å². The highest BCUT2D eigenvalue weighted by molar-refractivity contribution is 7.94. The molecule has 1 fully saturated rings. The number of thiophene rings is 1. The van der Waals surface area contributed by atoms with Crippen LogP contribution >= 0.6 is 11.3 Å². The molecule has 1 aliphatic heterocycles. The molecule has 0 amide bonds. The van der Waals surface area contributed by atoms with Crippen LogP contribution in [0.4, 0.5) is 11.6 Å². The van der Waals surface area contributed by atoms with Crippen molar-refractivity contribution < 1.29 is 8.42 Å². The second kappa shape index (κ2) is 6.49. The molecule has 9 heteroatoms. The SMILES string of the molecule is O=S(=O)(Nc1ccccc1-c1nc(N2CCCC2)n[nH]1)c1cccs1. The Morgan fingerprint density at radius 1 is 1.12 bits per heavy atom. The van der Waals surface area contributed by atoms with Crippen LogP contribution in [0, 0.1) is 0 Å². The predicted molar refractivity (Wildman–Crippen MR) is 98.4 cm³/mol. The lowest BCUT2D eigenvalue weighted by molar-refractivity contribution is 0.603. The monoisotopic (exact) mass is 375 g/mol. The highest BCUT2D eigenvalue weighted by atomic mass is 32.2. The Balaban J connectivity index is 1.65. The van der Waals surface area contributed by atoms with Gasteiger partial charge in [0.25, 0.3) is 10.0 Å². The minimum atomic E-state index is -3.61. The van der Waals surface area contributed by atoms with Crippen molar-refractivity contribution in [3.05, 3.63) is 41.8 Å². The zero-order valence-corrected chi connectivity index (χ0v) is 15.0. The van der Waals surface area contributed by atoms with Gasteiger partial charge in [-0.2, -0.15) is 4.98 Å². The van der Waals surface area contributed by atoms with Crippen LogP contribution in [0.25, 0.3) is 11.4 Å². The Morgan fingerprint density at radius 3 is 2.68 bits per heavy atom. The smallest absolute Gasteiger partial charge is 0.271 e. The van der Waals surface area contributed by atoms with E-state index in [0.29, 0.717) is 23.0 Å². The molecule has 7 nitrogen and oxygen atoms in total. The van der Waals surface area contributed by atoms with Gasteiger partial charge >= 0.3 is 0 Å². The normalized spacial score (nSPS) is 14.8. The highest BCUT2D eigenvalue weighted by Gasteiger charge is 2.20. The Bertz CT molecular complexity index is 960. The molecule has 0 bridgehead atoms. The van der Waals surface area contributed by atoms with Crippen LogP contribution in [0.2, 0.25) is 0 Å². The number of nitrogens with one attached hydrogen (secondary N) is 2. The summed E-state index contributed by atoms with van der Waals surface area (Å²) >= 11 is 1.18. The van der Waals surface area contributed by atoms with Gasteiger partial charge < -0.3 is 4.90 Å². The first-order chi connectivity index (χ1) is 12.1. The maximum Gasteiger partial charge on any atom is 0.271 e. The Morgan fingerprint density at radius 2 is 1.92 bits per heavy atom. The lowest BCUT2D eigenvalue weighted by Gasteiger charge is -2.11. The number of nitrogens with zero attached hydrogens (tertiary/aromatic N) is 3. The summed E-state index contributed by atoms with van der Waals surface area (Å²) in [7, 11) is -3.61. The summed E-state index contributed by atoms with van der Waals surface area (Å²) in [6.07, 6.45) is 2.28. The maximum atomic E-state index is 12.5. The number of H-pyrrole nitrogens is 1. The quantitative estimate of drug-likeness (QED) is 0.715. The topological polar surface area (TPSA) is 91.0 Å². The van der Waals surface area contributed by atoms with Crippen molar-refractivity contribution in [1.29, 1.82) is 0 Å². The minimum absolute atomic E-state index is 0.276. The van der Waals surface area contributed by atoms with E-state index in [1.54, 1.807) is 29.6 Å². The molecule has 2 aromatic heterocycles. The molecule has 130 valence electrons. The van der Waals surface area contributed by atoms with Crippen LogP contribution < -0.4 is 9.62 Å². The lowest BCUT2D eigenvalue weighted by Crippen LogP contribution is -2.18. The molecule has 0 spiro atoms. The van der Waals surface area contributed by atoms with E-state index in [2.05, 4.69) is 24.8 Å². The van der Waals surface area contributed by atoms with Gasteiger partial charge in [0.1, 0.15) is 4.21 Å². The number of aromatic nitrogens is 3. The molecule has 1 aliphatic rings. The number of aromatic amines is 1.